The number of carbonyl (C=O) groups excluding carboxylic acids is 1. The molecule has 2 fully saturated rings. The zero-order valence-electron chi connectivity index (χ0n) is 23.0. The van der Waals surface area contributed by atoms with Crippen molar-refractivity contribution in [3.05, 3.63) is 52.0 Å². The Bertz CT molecular complexity index is 1450. The minimum Gasteiger partial charge on any atom is -0.495 e. The number of rotatable bonds is 9. The number of fused-ring (bicyclic) bond motifs is 1. The standard InChI is InChI=1S/C29H36N6O4/c1-5-6-21-25-23(35(3)28(37)26(21)39-17-18-7-8-18)16-30-29(33-25)32-22-10-9-19(15-24(22)38-4)27(36)31-20-11-13-34(2)14-12-20/h5-6,9-10,15-16,18,20H,7-8,11-14,17H2,1-4H3,(H,31,36)(H,30,32,33)/b6-5+. The third kappa shape index (κ3) is 5.90. The number of pyridine rings is 1. The van der Waals surface area contributed by atoms with Crippen LogP contribution in [0.15, 0.2) is 35.3 Å². The largest absolute Gasteiger partial charge is 0.495 e. The van der Waals surface area contributed by atoms with Gasteiger partial charge in [-0.1, -0.05) is 12.2 Å². The molecule has 3 heterocycles. The first-order valence-corrected chi connectivity index (χ1v) is 13.5. The maximum absolute atomic E-state index is 13.1. The van der Waals surface area contributed by atoms with Crippen molar-refractivity contribution in [1.29, 1.82) is 0 Å². The monoisotopic (exact) mass is 532 g/mol. The summed E-state index contributed by atoms with van der Waals surface area (Å²) in [4.78, 5) is 37.5. The van der Waals surface area contributed by atoms with Crippen molar-refractivity contribution in [2.24, 2.45) is 13.0 Å². The molecule has 0 atom stereocenters. The number of methoxy groups -OCH3 is 1. The average Bonchev–Trinajstić information content (AvgIpc) is 3.77. The molecule has 2 aliphatic rings. The molecule has 2 N–H and O–H groups in total. The summed E-state index contributed by atoms with van der Waals surface area (Å²) in [6.45, 7) is 4.36. The van der Waals surface area contributed by atoms with E-state index < -0.39 is 0 Å². The van der Waals surface area contributed by atoms with Gasteiger partial charge < -0.3 is 29.6 Å². The van der Waals surface area contributed by atoms with E-state index in [1.807, 2.05) is 19.1 Å². The van der Waals surface area contributed by atoms with Crippen LogP contribution in [-0.2, 0) is 7.05 Å². The highest BCUT2D eigenvalue weighted by atomic mass is 16.5. The van der Waals surface area contributed by atoms with Crippen molar-refractivity contribution in [2.45, 2.75) is 38.6 Å². The van der Waals surface area contributed by atoms with Gasteiger partial charge in [-0.3, -0.25) is 9.59 Å². The fourth-order valence-corrected chi connectivity index (χ4v) is 4.79. The molecule has 1 aliphatic heterocycles. The number of carbonyl (C=O) groups is 1. The van der Waals surface area contributed by atoms with Crippen LogP contribution in [0.5, 0.6) is 11.5 Å². The van der Waals surface area contributed by atoms with E-state index in [4.69, 9.17) is 14.5 Å². The van der Waals surface area contributed by atoms with Gasteiger partial charge in [0.05, 0.1) is 36.7 Å². The smallest absolute Gasteiger partial charge is 0.293 e. The number of ether oxygens (including phenoxy) is 2. The number of allylic oxidation sites excluding steroid dienone is 1. The predicted molar refractivity (Wildman–Crippen MR) is 152 cm³/mol. The minimum absolute atomic E-state index is 0.119. The number of piperidine rings is 1. The molecule has 1 aromatic carbocycles. The number of aromatic nitrogens is 3. The molecule has 0 spiro atoms. The second-order valence-electron chi connectivity index (χ2n) is 10.4. The number of likely N-dealkylation sites (tertiary alicyclic amines) is 1. The first-order chi connectivity index (χ1) is 18.9. The summed E-state index contributed by atoms with van der Waals surface area (Å²) in [5.41, 5.74) is 2.77. The fraction of sp³-hybridized carbons (Fsp3) is 0.448. The summed E-state index contributed by atoms with van der Waals surface area (Å²) in [6.07, 6.45) is 9.47. The Kier molecular flexibility index (Phi) is 7.83. The van der Waals surface area contributed by atoms with Gasteiger partial charge in [-0.15, -0.1) is 0 Å². The van der Waals surface area contributed by atoms with E-state index in [2.05, 4.69) is 27.6 Å². The Labute approximate surface area is 228 Å². The number of benzene rings is 1. The molecule has 10 heteroatoms. The van der Waals surface area contributed by atoms with E-state index in [9.17, 15) is 9.59 Å². The number of amides is 1. The van der Waals surface area contributed by atoms with Gasteiger partial charge in [0.1, 0.15) is 11.3 Å². The van der Waals surface area contributed by atoms with Gasteiger partial charge in [0.2, 0.25) is 5.95 Å². The molecule has 39 heavy (non-hydrogen) atoms. The zero-order valence-corrected chi connectivity index (χ0v) is 23.0. The Morgan fingerprint density at radius 2 is 1.95 bits per heavy atom. The van der Waals surface area contributed by atoms with Crippen LogP contribution in [-0.4, -0.2) is 65.2 Å². The van der Waals surface area contributed by atoms with Crippen LogP contribution in [0.3, 0.4) is 0 Å². The van der Waals surface area contributed by atoms with E-state index in [1.165, 1.54) is 4.57 Å². The fourth-order valence-electron chi connectivity index (χ4n) is 4.79. The molecule has 0 bridgehead atoms. The highest BCUT2D eigenvalue weighted by molar-refractivity contribution is 5.95. The van der Waals surface area contributed by atoms with Crippen LogP contribution in [0.4, 0.5) is 11.6 Å². The van der Waals surface area contributed by atoms with Gasteiger partial charge in [-0.05, 0) is 76.9 Å². The summed E-state index contributed by atoms with van der Waals surface area (Å²) in [7, 11) is 5.35. The normalized spacial score (nSPS) is 16.5. The van der Waals surface area contributed by atoms with Crippen molar-refractivity contribution in [2.75, 3.05) is 39.2 Å². The second-order valence-corrected chi connectivity index (χ2v) is 10.4. The second kappa shape index (κ2) is 11.4. The van der Waals surface area contributed by atoms with Gasteiger partial charge in [-0.2, -0.15) is 0 Å². The minimum atomic E-state index is -0.212. The quantitative estimate of drug-likeness (QED) is 0.429. The zero-order chi connectivity index (χ0) is 27.5. The molecule has 1 saturated heterocycles. The molecule has 5 rings (SSSR count). The van der Waals surface area contributed by atoms with E-state index in [0.717, 1.165) is 38.8 Å². The van der Waals surface area contributed by atoms with Crippen molar-refractivity contribution >= 4 is 34.7 Å². The number of hydrogen-bond acceptors (Lipinski definition) is 8. The highest BCUT2D eigenvalue weighted by Gasteiger charge is 2.25. The Balaban J connectivity index is 1.41. The third-order valence-electron chi connectivity index (χ3n) is 7.39. The molecular formula is C29H36N6O4. The lowest BCUT2D eigenvalue weighted by Crippen LogP contribution is -2.43. The molecule has 2 aromatic heterocycles. The average molecular weight is 533 g/mol. The van der Waals surface area contributed by atoms with Crippen molar-refractivity contribution < 1.29 is 14.3 Å². The van der Waals surface area contributed by atoms with E-state index in [1.54, 1.807) is 38.6 Å². The Morgan fingerprint density at radius 1 is 1.18 bits per heavy atom. The lowest BCUT2D eigenvalue weighted by molar-refractivity contribution is 0.0916. The van der Waals surface area contributed by atoms with Crippen molar-refractivity contribution in [1.82, 2.24) is 24.8 Å². The van der Waals surface area contributed by atoms with Crippen LogP contribution in [0, 0.1) is 5.92 Å². The summed E-state index contributed by atoms with van der Waals surface area (Å²) in [5, 5.41) is 6.35. The van der Waals surface area contributed by atoms with E-state index in [0.29, 0.717) is 57.8 Å². The molecular weight excluding hydrogens is 496 g/mol. The van der Waals surface area contributed by atoms with E-state index >= 15 is 0 Å². The van der Waals surface area contributed by atoms with Gasteiger partial charge >= 0.3 is 0 Å². The van der Waals surface area contributed by atoms with Crippen molar-refractivity contribution in [3.63, 3.8) is 0 Å². The third-order valence-corrected chi connectivity index (χ3v) is 7.39. The number of hydrogen-bond donors (Lipinski definition) is 2. The Hall–Kier alpha value is -3.92. The van der Waals surface area contributed by atoms with E-state index in [-0.39, 0.29) is 17.5 Å². The first-order valence-electron chi connectivity index (χ1n) is 13.5. The number of nitrogens with zero attached hydrogens (tertiary/aromatic N) is 4. The highest BCUT2D eigenvalue weighted by Crippen LogP contribution is 2.32. The van der Waals surface area contributed by atoms with Crippen LogP contribution in [0.25, 0.3) is 17.1 Å². The van der Waals surface area contributed by atoms with Gasteiger partial charge in [0.25, 0.3) is 11.5 Å². The molecule has 0 radical (unpaired) electrons. The number of aryl methyl sites for hydroxylation is 1. The molecule has 1 aliphatic carbocycles. The topological polar surface area (TPSA) is 111 Å². The maximum atomic E-state index is 13.1. The summed E-state index contributed by atoms with van der Waals surface area (Å²) in [5.74, 6) is 1.52. The molecule has 1 saturated carbocycles. The molecule has 3 aromatic rings. The van der Waals surface area contributed by atoms with Gasteiger partial charge in [0.15, 0.2) is 5.75 Å². The Morgan fingerprint density at radius 3 is 2.64 bits per heavy atom. The van der Waals surface area contributed by atoms with Gasteiger partial charge in [0, 0.05) is 18.7 Å². The first kappa shape index (κ1) is 26.7. The summed E-state index contributed by atoms with van der Waals surface area (Å²) >= 11 is 0. The molecule has 10 nitrogen and oxygen atoms in total. The van der Waals surface area contributed by atoms with Gasteiger partial charge in [-0.25, -0.2) is 9.97 Å². The predicted octanol–water partition coefficient (Wildman–Crippen LogP) is 3.73. The summed E-state index contributed by atoms with van der Waals surface area (Å²) < 4.78 is 13.1. The van der Waals surface area contributed by atoms with Crippen LogP contribution < -0.4 is 25.7 Å². The van der Waals surface area contributed by atoms with Crippen molar-refractivity contribution in [3.8, 4) is 11.5 Å². The summed E-state index contributed by atoms with van der Waals surface area (Å²) in [6, 6.07) is 5.43. The maximum Gasteiger partial charge on any atom is 0.293 e. The molecule has 1 amide bonds. The lowest BCUT2D eigenvalue weighted by atomic mass is 10.0. The lowest BCUT2D eigenvalue weighted by Gasteiger charge is -2.29. The van der Waals surface area contributed by atoms with Crippen LogP contribution in [0.1, 0.15) is 48.5 Å². The molecule has 206 valence electrons. The molecule has 0 unspecified atom stereocenters. The van der Waals surface area contributed by atoms with Crippen LogP contribution in [0.2, 0.25) is 0 Å². The number of anilines is 2. The van der Waals surface area contributed by atoms with Crippen LogP contribution >= 0.6 is 0 Å². The SMILES string of the molecule is C/C=C/c1c(OCC2CC2)c(=O)n(C)c2cnc(Nc3ccc(C(=O)NC4CCN(C)CC4)cc3OC)nc12. The number of nitrogens with one attached hydrogen (secondary N) is 2.